The van der Waals surface area contributed by atoms with Crippen LogP contribution in [0, 0.1) is 0 Å². The van der Waals surface area contributed by atoms with Gasteiger partial charge in [0.15, 0.2) is 0 Å². The average molecular weight is 290 g/mol. The minimum Gasteiger partial charge on any atom is -0.369 e. The molecule has 3 heteroatoms. The number of morpholine rings is 1. The third-order valence-electron chi connectivity index (χ3n) is 4.08. The van der Waals surface area contributed by atoms with Gasteiger partial charge in [-0.15, -0.1) is 0 Å². The Morgan fingerprint density at radius 2 is 2.05 bits per heavy atom. The topological polar surface area (TPSA) is 24.5 Å². The second-order valence-corrected chi connectivity index (χ2v) is 6.65. The number of hydrogen-bond donors (Lipinski definition) is 1. The summed E-state index contributed by atoms with van der Waals surface area (Å²) < 4.78 is 6.04. The molecule has 3 nitrogen and oxygen atoms in total. The lowest BCUT2D eigenvalue weighted by atomic mass is 9.98. The molecule has 2 rings (SSSR count). The number of anilines is 1. The molecule has 0 amide bonds. The maximum atomic E-state index is 6.04. The van der Waals surface area contributed by atoms with E-state index in [0.717, 1.165) is 26.1 Å². The average Bonchev–Trinajstić information content (AvgIpc) is 2.42. The molecule has 0 bridgehead atoms. The zero-order valence-electron chi connectivity index (χ0n) is 14.1. The molecule has 0 aliphatic carbocycles. The first kappa shape index (κ1) is 16.3. The summed E-state index contributed by atoms with van der Waals surface area (Å²) in [6.45, 7) is 13.8. The maximum Gasteiger partial charge on any atom is 0.0805 e. The molecule has 0 spiro atoms. The lowest BCUT2D eigenvalue weighted by molar-refractivity contribution is -0.0750. The van der Waals surface area contributed by atoms with Gasteiger partial charge in [0.1, 0.15) is 0 Å². The van der Waals surface area contributed by atoms with Gasteiger partial charge in [-0.3, -0.25) is 0 Å². The van der Waals surface area contributed by atoms with Gasteiger partial charge in [0.25, 0.3) is 0 Å². The smallest absolute Gasteiger partial charge is 0.0805 e. The monoisotopic (exact) mass is 290 g/mol. The summed E-state index contributed by atoms with van der Waals surface area (Å²) in [6.07, 6.45) is 1.37. The Bertz CT molecular complexity index is 458. The van der Waals surface area contributed by atoms with Crippen molar-refractivity contribution >= 4 is 5.69 Å². The molecule has 0 aromatic heterocycles. The third-order valence-corrected chi connectivity index (χ3v) is 4.08. The van der Waals surface area contributed by atoms with Crippen LogP contribution in [0.5, 0.6) is 0 Å². The molecule has 1 aromatic carbocycles. The summed E-state index contributed by atoms with van der Waals surface area (Å²) in [6, 6.07) is 9.23. The zero-order chi connectivity index (χ0) is 15.5. The van der Waals surface area contributed by atoms with Gasteiger partial charge in [-0.2, -0.15) is 0 Å². The van der Waals surface area contributed by atoms with Crippen molar-refractivity contribution < 1.29 is 4.74 Å². The Hall–Kier alpha value is -1.06. The quantitative estimate of drug-likeness (QED) is 0.894. The SMILES string of the molecule is CCNC(CC)c1ccccc1N1CC(C)OC(C)(C)C1. The van der Waals surface area contributed by atoms with E-state index in [0.29, 0.717) is 6.04 Å². The van der Waals surface area contributed by atoms with Crippen molar-refractivity contribution in [3.63, 3.8) is 0 Å². The van der Waals surface area contributed by atoms with Gasteiger partial charge < -0.3 is 15.0 Å². The standard InChI is InChI=1S/C18H30N2O/c1-6-16(19-7-2)15-10-8-9-11-17(15)20-12-14(3)21-18(4,5)13-20/h8-11,14,16,19H,6-7,12-13H2,1-5H3. The molecule has 1 fully saturated rings. The summed E-state index contributed by atoms with van der Waals surface area (Å²) in [5.74, 6) is 0. The van der Waals surface area contributed by atoms with Crippen molar-refractivity contribution in [3.8, 4) is 0 Å². The number of benzene rings is 1. The van der Waals surface area contributed by atoms with Crippen LogP contribution in [0.1, 0.15) is 52.6 Å². The van der Waals surface area contributed by atoms with E-state index in [1.807, 2.05) is 0 Å². The van der Waals surface area contributed by atoms with Gasteiger partial charge >= 0.3 is 0 Å². The van der Waals surface area contributed by atoms with E-state index >= 15 is 0 Å². The van der Waals surface area contributed by atoms with Crippen molar-refractivity contribution in [1.82, 2.24) is 5.32 Å². The summed E-state index contributed by atoms with van der Waals surface area (Å²) in [4.78, 5) is 2.49. The van der Waals surface area contributed by atoms with Crippen LogP contribution >= 0.6 is 0 Å². The fourth-order valence-electron chi connectivity index (χ4n) is 3.43. The summed E-state index contributed by atoms with van der Waals surface area (Å²) in [5.41, 5.74) is 2.67. The Kier molecular flexibility index (Phi) is 5.28. The van der Waals surface area contributed by atoms with Gasteiger partial charge in [-0.25, -0.2) is 0 Å². The summed E-state index contributed by atoms with van der Waals surface area (Å²) >= 11 is 0. The molecule has 1 N–H and O–H groups in total. The highest BCUT2D eigenvalue weighted by Gasteiger charge is 2.32. The number of hydrogen-bond acceptors (Lipinski definition) is 3. The highest BCUT2D eigenvalue weighted by atomic mass is 16.5. The van der Waals surface area contributed by atoms with E-state index < -0.39 is 0 Å². The molecular weight excluding hydrogens is 260 g/mol. The second-order valence-electron chi connectivity index (χ2n) is 6.65. The van der Waals surface area contributed by atoms with E-state index in [4.69, 9.17) is 4.74 Å². The lowest BCUT2D eigenvalue weighted by Crippen LogP contribution is -2.52. The molecule has 2 unspecified atom stereocenters. The fourth-order valence-corrected chi connectivity index (χ4v) is 3.43. The number of nitrogens with zero attached hydrogens (tertiary/aromatic N) is 1. The van der Waals surface area contributed by atoms with E-state index in [-0.39, 0.29) is 11.7 Å². The maximum absolute atomic E-state index is 6.04. The minimum atomic E-state index is -0.0926. The van der Waals surface area contributed by atoms with E-state index in [1.165, 1.54) is 11.3 Å². The summed E-state index contributed by atoms with van der Waals surface area (Å²) in [7, 11) is 0. The molecule has 0 radical (unpaired) electrons. The van der Waals surface area contributed by atoms with E-state index in [2.05, 4.69) is 69.1 Å². The molecule has 0 saturated carbocycles. The van der Waals surface area contributed by atoms with Crippen LogP contribution in [-0.4, -0.2) is 31.3 Å². The van der Waals surface area contributed by atoms with E-state index in [1.54, 1.807) is 0 Å². The van der Waals surface area contributed by atoms with Crippen LogP contribution in [0.2, 0.25) is 0 Å². The first-order valence-corrected chi connectivity index (χ1v) is 8.22. The molecule has 21 heavy (non-hydrogen) atoms. The van der Waals surface area contributed by atoms with Gasteiger partial charge in [0.2, 0.25) is 0 Å². The van der Waals surface area contributed by atoms with Crippen molar-refractivity contribution in [2.75, 3.05) is 24.5 Å². The number of nitrogens with one attached hydrogen (secondary N) is 1. The van der Waals surface area contributed by atoms with Gasteiger partial charge in [0.05, 0.1) is 11.7 Å². The Balaban J connectivity index is 2.30. The van der Waals surface area contributed by atoms with Gasteiger partial charge in [-0.05, 0) is 45.4 Å². The summed E-state index contributed by atoms with van der Waals surface area (Å²) in [5, 5.41) is 3.60. The van der Waals surface area contributed by atoms with Crippen LogP contribution in [0.4, 0.5) is 5.69 Å². The number of ether oxygens (including phenoxy) is 1. The Morgan fingerprint density at radius 1 is 1.33 bits per heavy atom. The van der Waals surface area contributed by atoms with Crippen LogP contribution in [0.15, 0.2) is 24.3 Å². The number of rotatable bonds is 5. The van der Waals surface area contributed by atoms with Crippen molar-refractivity contribution in [3.05, 3.63) is 29.8 Å². The molecular formula is C18H30N2O. The largest absolute Gasteiger partial charge is 0.369 e. The van der Waals surface area contributed by atoms with Crippen molar-refractivity contribution in [2.24, 2.45) is 0 Å². The van der Waals surface area contributed by atoms with Crippen LogP contribution in [-0.2, 0) is 4.74 Å². The van der Waals surface area contributed by atoms with Crippen LogP contribution in [0.3, 0.4) is 0 Å². The Labute approximate surface area is 129 Å². The lowest BCUT2D eigenvalue weighted by Gasteiger charge is -2.44. The van der Waals surface area contributed by atoms with E-state index in [9.17, 15) is 0 Å². The highest BCUT2D eigenvalue weighted by Crippen LogP contribution is 2.32. The van der Waals surface area contributed by atoms with Crippen molar-refractivity contribution in [2.45, 2.75) is 58.8 Å². The first-order valence-electron chi connectivity index (χ1n) is 8.22. The number of para-hydroxylation sites is 1. The van der Waals surface area contributed by atoms with Gasteiger partial charge in [-0.1, -0.05) is 32.0 Å². The first-order chi connectivity index (χ1) is 9.96. The molecule has 1 aliphatic heterocycles. The normalized spacial score (nSPS) is 23.1. The van der Waals surface area contributed by atoms with Crippen LogP contribution in [0.25, 0.3) is 0 Å². The molecule has 1 heterocycles. The molecule has 1 aromatic rings. The molecule has 1 aliphatic rings. The minimum absolute atomic E-state index is 0.0926. The van der Waals surface area contributed by atoms with Crippen molar-refractivity contribution in [1.29, 1.82) is 0 Å². The Morgan fingerprint density at radius 3 is 2.67 bits per heavy atom. The third kappa shape index (κ3) is 3.98. The van der Waals surface area contributed by atoms with Crippen LogP contribution < -0.4 is 10.2 Å². The second kappa shape index (κ2) is 6.80. The zero-order valence-corrected chi connectivity index (χ0v) is 14.1. The predicted octanol–water partition coefficient (Wildman–Crippen LogP) is 3.75. The molecule has 118 valence electrons. The molecule has 1 saturated heterocycles. The van der Waals surface area contributed by atoms with Gasteiger partial charge in [0, 0.05) is 24.8 Å². The molecule has 2 atom stereocenters. The fraction of sp³-hybridized carbons (Fsp3) is 0.667. The predicted molar refractivity (Wildman–Crippen MR) is 90.0 cm³/mol. The highest BCUT2D eigenvalue weighted by molar-refractivity contribution is 5.55.